The summed E-state index contributed by atoms with van der Waals surface area (Å²) in [6.45, 7) is 19.6. The minimum atomic E-state index is -2.10. The second-order valence-corrected chi connectivity index (χ2v) is 23.6. The fourth-order valence-corrected chi connectivity index (χ4v) is 7.61. The van der Waals surface area contributed by atoms with Gasteiger partial charge in [0.15, 0.2) is 0 Å². The lowest BCUT2D eigenvalue weighted by molar-refractivity contribution is -0.149. The molecule has 1 aliphatic rings. The first kappa shape index (κ1) is 52.9. The molecule has 2 aromatic carbocycles. The number of rotatable bonds is 20. The highest BCUT2D eigenvalue weighted by atomic mass is 28.4. The molecule has 5 amide bonds. The monoisotopic (exact) mass is 904 g/mol. The molecule has 0 radical (unpaired) electrons. The third kappa shape index (κ3) is 17.6. The van der Waals surface area contributed by atoms with Gasteiger partial charge in [0.05, 0.1) is 6.04 Å². The Balaban J connectivity index is 1.81. The van der Waals surface area contributed by atoms with Crippen LogP contribution in [0.2, 0.25) is 18.1 Å². The number of benzene rings is 2. The normalized spacial score (nSPS) is 19.1. The van der Waals surface area contributed by atoms with Crippen molar-refractivity contribution in [3.63, 3.8) is 0 Å². The zero-order chi connectivity index (χ0) is 47.6. The molecule has 0 bridgehead atoms. The smallest absolute Gasteiger partial charge is 0.329 e. The lowest BCUT2D eigenvalue weighted by atomic mass is 10.00. The fraction of sp³-hybridized carbons (Fsp3) is 0.551. The number of nitrogens with one attached hydrogen (secondary N) is 5. The van der Waals surface area contributed by atoms with E-state index in [1.165, 1.54) is 24.3 Å². The summed E-state index contributed by atoms with van der Waals surface area (Å²) in [5, 5.41) is 23.7. The number of esters is 1. The highest BCUT2D eigenvalue weighted by Crippen LogP contribution is 2.37. The third-order valence-electron chi connectivity index (χ3n) is 11.6. The number of allylic oxidation sites excluding steroid dienone is 1. The SMILES string of the molecule is CCCCCC/C=C\CC(=O)N[C@@H](Cc1ccc(O)cc1)C(=O)N[C@H](C(=O)N[C@@H]1/C=C/C(=O)N[C@@H](C(C)C)C(=O)N[C@@H](Cc2ccc(O[Si](C)(C)C(C)(C)C)cc2)C(=O)OC1)C(C)C. The van der Waals surface area contributed by atoms with Gasteiger partial charge in [0.1, 0.15) is 42.3 Å². The second-order valence-electron chi connectivity index (χ2n) is 18.9. The van der Waals surface area contributed by atoms with E-state index in [4.69, 9.17) is 9.16 Å². The van der Waals surface area contributed by atoms with Crippen LogP contribution in [0.3, 0.4) is 0 Å². The molecule has 5 atom stereocenters. The van der Waals surface area contributed by atoms with Crippen LogP contribution < -0.4 is 31.0 Å². The molecule has 0 saturated carbocycles. The van der Waals surface area contributed by atoms with Crippen molar-refractivity contribution in [2.45, 2.75) is 155 Å². The Morgan fingerprint density at radius 2 is 1.55 bits per heavy atom. The van der Waals surface area contributed by atoms with E-state index in [0.717, 1.165) is 37.7 Å². The summed E-state index contributed by atoms with van der Waals surface area (Å²) in [5.41, 5.74) is 1.41. The van der Waals surface area contributed by atoms with E-state index in [-0.39, 0.29) is 41.9 Å². The number of phenols is 1. The summed E-state index contributed by atoms with van der Waals surface area (Å²) in [6, 6.07) is 8.34. The standard InChI is InChI=1S/C49H73N5O9Si/c1-11-12-13-14-15-16-17-18-41(56)51-39(29-34-19-24-37(55)25-20-34)45(58)54-44(33(4)5)46(59)50-36-23-28-42(57)53-43(32(2)3)47(60)52-40(48(61)62-31-36)30-35-21-26-38(27-22-35)63-64(9,10)49(6,7)8/h16-17,19-28,32-33,36,39-40,43-44,55H,11-15,18,29-31H2,1-10H3,(H,50,59)(H,51,56)(H,52,60)(H,53,57)(H,54,58)/b17-16-,28-23+/t36-,39+,40+,43+,44+/m1/s1. The molecule has 14 nitrogen and oxygen atoms in total. The summed E-state index contributed by atoms with van der Waals surface area (Å²) in [4.78, 5) is 81.5. The number of phenolic OH excluding ortho intramolecular Hbond substituents is 1. The molecule has 1 aliphatic heterocycles. The molecule has 0 aromatic heterocycles. The minimum Gasteiger partial charge on any atom is -0.544 e. The molecule has 0 fully saturated rings. The van der Waals surface area contributed by atoms with Crippen LogP contribution in [-0.2, 0) is 46.3 Å². The van der Waals surface area contributed by atoms with Crippen LogP contribution in [0.4, 0.5) is 0 Å². The van der Waals surface area contributed by atoms with Gasteiger partial charge >= 0.3 is 5.97 Å². The van der Waals surface area contributed by atoms with Gasteiger partial charge in [-0.15, -0.1) is 0 Å². The molecule has 3 rings (SSSR count). The van der Waals surface area contributed by atoms with E-state index < -0.39 is 80.6 Å². The van der Waals surface area contributed by atoms with Crippen LogP contribution in [0, 0.1) is 11.8 Å². The Morgan fingerprint density at radius 3 is 2.16 bits per heavy atom. The summed E-state index contributed by atoms with van der Waals surface area (Å²) < 4.78 is 12.2. The first-order valence-corrected chi connectivity index (χ1v) is 25.6. The fourth-order valence-electron chi connectivity index (χ4n) is 6.58. The number of unbranched alkanes of at least 4 members (excludes halogenated alkanes) is 4. The zero-order valence-electron chi connectivity index (χ0n) is 39.5. The quantitative estimate of drug-likeness (QED) is 0.0381. The van der Waals surface area contributed by atoms with E-state index >= 15 is 0 Å². The van der Waals surface area contributed by atoms with Crippen LogP contribution in [-0.4, -0.2) is 85.7 Å². The number of carbonyl (C=O) groups excluding carboxylic acids is 6. The zero-order valence-corrected chi connectivity index (χ0v) is 40.5. The summed E-state index contributed by atoms with van der Waals surface area (Å²) in [7, 11) is -2.10. The predicted molar refractivity (Wildman–Crippen MR) is 252 cm³/mol. The number of amides is 5. The third-order valence-corrected chi connectivity index (χ3v) is 15.9. The van der Waals surface area contributed by atoms with Gasteiger partial charge in [-0.2, -0.15) is 0 Å². The molecule has 1 heterocycles. The first-order chi connectivity index (χ1) is 30.1. The van der Waals surface area contributed by atoms with E-state index in [1.807, 2.05) is 30.3 Å². The molecular weight excluding hydrogens is 831 g/mol. The van der Waals surface area contributed by atoms with Crippen molar-refractivity contribution in [2.24, 2.45) is 11.8 Å². The summed E-state index contributed by atoms with van der Waals surface area (Å²) in [6.07, 6.45) is 11.8. The maximum atomic E-state index is 14.0. The summed E-state index contributed by atoms with van der Waals surface area (Å²) in [5.74, 6) is -3.49. The van der Waals surface area contributed by atoms with Gasteiger partial charge < -0.3 is 40.9 Å². The molecule has 15 heteroatoms. The number of carbonyl (C=O) groups is 6. The highest BCUT2D eigenvalue weighted by Gasteiger charge is 2.39. The maximum Gasteiger partial charge on any atom is 0.329 e. The van der Waals surface area contributed by atoms with Gasteiger partial charge in [0, 0.05) is 25.3 Å². The molecule has 0 unspecified atom stereocenters. The van der Waals surface area contributed by atoms with Crippen molar-refractivity contribution in [3.05, 3.63) is 84.0 Å². The molecular formula is C49H73N5O9Si. The number of hydrogen-bond donors (Lipinski definition) is 6. The van der Waals surface area contributed by atoms with E-state index in [1.54, 1.807) is 45.9 Å². The average Bonchev–Trinajstić information content (AvgIpc) is 3.22. The van der Waals surface area contributed by atoms with Gasteiger partial charge in [-0.1, -0.05) is 117 Å². The molecule has 6 N–H and O–H groups in total. The molecule has 0 saturated heterocycles. The average molecular weight is 904 g/mol. The van der Waals surface area contributed by atoms with Crippen molar-refractivity contribution in [1.29, 1.82) is 0 Å². The molecule has 0 spiro atoms. The van der Waals surface area contributed by atoms with Crippen LogP contribution in [0.25, 0.3) is 0 Å². The summed E-state index contributed by atoms with van der Waals surface area (Å²) >= 11 is 0. The van der Waals surface area contributed by atoms with Crippen LogP contribution in [0.1, 0.15) is 105 Å². The highest BCUT2D eigenvalue weighted by molar-refractivity contribution is 6.74. The topological polar surface area (TPSA) is 201 Å². The van der Waals surface area contributed by atoms with Crippen molar-refractivity contribution >= 4 is 43.8 Å². The van der Waals surface area contributed by atoms with Crippen molar-refractivity contribution in [3.8, 4) is 11.5 Å². The Bertz CT molecular complexity index is 1920. The van der Waals surface area contributed by atoms with Crippen LogP contribution in [0.15, 0.2) is 72.8 Å². The number of hydrogen-bond acceptors (Lipinski definition) is 9. The lowest BCUT2D eigenvalue weighted by Crippen LogP contribution is -2.57. The Hall–Kier alpha value is -5.44. The second kappa shape index (κ2) is 25.2. The Kier molecular flexibility index (Phi) is 20.8. The van der Waals surface area contributed by atoms with Gasteiger partial charge in [-0.25, -0.2) is 4.79 Å². The van der Waals surface area contributed by atoms with Gasteiger partial charge in [-0.3, -0.25) is 24.0 Å². The molecule has 64 heavy (non-hydrogen) atoms. The van der Waals surface area contributed by atoms with Crippen molar-refractivity contribution in [2.75, 3.05) is 6.61 Å². The van der Waals surface area contributed by atoms with Crippen molar-refractivity contribution in [1.82, 2.24) is 26.6 Å². The van der Waals surface area contributed by atoms with E-state index in [0.29, 0.717) is 11.3 Å². The van der Waals surface area contributed by atoms with Gasteiger partial charge in [-0.05, 0) is 78.2 Å². The first-order valence-electron chi connectivity index (χ1n) is 22.7. The molecule has 2 aromatic rings. The van der Waals surface area contributed by atoms with Crippen molar-refractivity contribution < 1.29 is 43.0 Å². The molecule has 0 aliphatic carbocycles. The predicted octanol–water partition coefficient (Wildman–Crippen LogP) is 6.33. The largest absolute Gasteiger partial charge is 0.544 e. The van der Waals surface area contributed by atoms with Gasteiger partial charge in [0.2, 0.25) is 37.9 Å². The maximum absolute atomic E-state index is 14.0. The van der Waals surface area contributed by atoms with Crippen LogP contribution in [0.5, 0.6) is 11.5 Å². The Morgan fingerprint density at radius 1 is 0.891 bits per heavy atom. The Labute approximate surface area is 381 Å². The number of aromatic hydroxyl groups is 1. The van der Waals surface area contributed by atoms with E-state index in [9.17, 15) is 33.9 Å². The van der Waals surface area contributed by atoms with E-state index in [2.05, 4.69) is 67.4 Å². The number of ether oxygens (including phenoxy) is 1. The number of cyclic esters (lactones) is 1. The molecule has 352 valence electrons. The van der Waals surface area contributed by atoms with Crippen LogP contribution >= 0.6 is 0 Å². The lowest BCUT2D eigenvalue weighted by Gasteiger charge is -2.36. The van der Waals surface area contributed by atoms with Gasteiger partial charge in [0.25, 0.3) is 0 Å². The minimum absolute atomic E-state index is 0.00605.